The van der Waals surface area contributed by atoms with Crippen LogP contribution in [0.5, 0.6) is 5.75 Å². The minimum atomic E-state index is 0.582. The van der Waals surface area contributed by atoms with Gasteiger partial charge < -0.3 is 15.8 Å². The molecule has 0 fully saturated rings. The van der Waals surface area contributed by atoms with Gasteiger partial charge in [-0.3, -0.25) is 0 Å². The quantitative estimate of drug-likeness (QED) is 0.815. The summed E-state index contributed by atoms with van der Waals surface area (Å²) in [7, 11) is 0. The van der Waals surface area contributed by atoms with Crippen molar-refractivity contribution in [2.75, 3.05) is 17.7 Å². The molecule has 3 nitrogen and oxygen atoms in total. The van der Waals surface area contributed by atoms with E-state index in [0.29, 0.717) is 23.1 Å². The fraction of sp³-hybridized carbons (Fsp3) is 0.200. The molecule has 0 spiro atoms. The number of anilines is 3. The number of nitrogen functional groups attached to an aromatic ring is 1. The van der Waals surface area contributed by atoms with Gasteiger partial charge in [0.15, 0.2) is 0 Å². The standard InChI is InChI=1S/C15H17ClN2O/c1-3-19-15-9-11(5-7-13(15)17)18-14-8-10(2)4-6-12(14)16/h4-9,18H,3,17H2,1-2H3. The summed E-state index contributed by atoms with van der Waals surface area (Å²) in [6, 6.07) is 11.4. The van der Waals surface area contributed by atoms with Crippen LogP contribution in [0.2, 0.25) is 5.02 Å². The smallest absolute Gasteiger partial charge is 0.144 e. The lowest BCUT2D eigenvalue weighted by Crippen LogP contribution is -1.98. The number of rotatable bonds is 4. The maximum atomic E-state index is 6.16. The van der Waals surface area contributed by atoms with E-state index in [1.165, 1.54) is 0 Å². The molecule has 0 saturated heterocycles. The van der Waals surface area contributed by atoms with E-state index in [1.807, 2.05) is 50.2 Å². The Morgan fingerprint density at radius 3 is 2.74 bits per heavy atom. The molecular formula is C15H17ClN2O. The zero-order valence-corrected chi connectivity index (χ0v) is 11.8. The van der Waals surface area contributed by atoms with Crippen LogP contribution in [0.15, 0.2) is 36.4 Å². The van der Waals surface area contributed by atoms with Crippen molar-refractivity contribution in [3.05, 3.63) is 47.0 Å². The van der Waals surface area contributed by atoms with E-state index in [-0.39, 0.29) is 0 Å². The number of ether oxygens (including phenoxy) is 1. The Kier molecular flexibility index (Phi) is 4.17. The summed E-state index contributed by atoms with van der Waals surface area (Å²) in [6.45, 7) is 4.53. The van der Waals surface area contributed by atoms with Crippen molar-refractivity contribution in [2.45, 2.75) is 13.8 Å². The third-order valence-electron chi connectivity index (χ3n) is 2.71. The Bertz CT molecular complexity index is 584. The summed E-state index contributed by atoms with van der Waals surface area (Å²) in [4.78, 5) is 0. The van der Waals surface area contributed by atoms with Gasteiger partial charge in [0.25, 0.3) is 0 Å². The number of nitrogens with one attached hydrogen (secondary N) is 1. The van der Waals surface area contributed by atoms with E-state index in [4.69, 9.17) is 22.1 Å². The highest BCUT2D eigenvalue weighted by atomic mass is 35.5. The van der Waals surface area contributed by atoms with Gasteiger partial charge in [0.2, 0.25) is 0 Å². The topological polar surface area (TPSA) is 47.3 Å². The molecule has 3 N–H and O–H groups in total. The third kappa shape index (κ3) is 3.32. The van der Waals surface area contributed by atoms with Crippen molar-refractivity contribution in [2.24, 2.45) is 0 Å². The Hall–Kier alpha value is -1.87. The third-order valence-corrected chi connectivity index (χ3v) is 3.04. The molecule has 4 heteroatoms. The van der Waals surface area contributed by atoms with E-state index < -0.39 is 0 Å². The molecule has 2 aromatic carbocycles. The largest absolute Gasteiger partial charge is 0.492 e. The summed E-state index contributed by atoms with van der Waals surface area (Å²) < 4.78 is 5.47. The second-order valence-corrected chi connectivity index (χ2v) is 4.70. The molecular weight excluding hydrogens is 260 g/mol. The van der Waals surface area contributed by atoms with E-state index in [1.54, 1.807) is 0 Å². The monoisotopic (exact) mass is 276 g/mol. The number of benzene rings is 2. The van der Waals surface area contributed by atoms with Crippen LogP contribution in [0.4, 0.5) is 17.1 Å². The Morgan fingerprint density at radius 2 is 2.00 bits per heavy atom. The highest BCUT2D eigenvalue weighted by molar-refractivity contribution is 6.33. The SMILES string of the molecule is CCOc1cc(Nc2cc(C)ccc2Cl)ccc1N. The van der Waals surface area contributed by atoms with Gasteiger partial charge >= 0.3 is 0 Å². The van der Waals surface area contributed by atoms with Crippen LogP contribution in [0.3, 0.4) is 0 Å². The van der Waals surface area contributed by atoms with Gasteiger partial charge in [-0.2, -0.15) is 0 Å². The molecule has 0 bridgehead atoms. The van der Waals surface area contributed by atoms with Crippen LogP contribution < -0.4 is 15.8 Å². The number of nitrogens with two attached hydrogens (primary N) is 1. The van der Waals surface area contributed by atoms with Gasteiger partial charge in [0, 0.05) is 11.8 Å². The fourth-order valence-electron chi connectivity index (χ4n) is 1.78. The van der Waals surface area contributed by atoms with E-state index in [2.05, 4.69) is 5.32 Å². The lowest BCUT2D eigenvalue weighted by atomic mass is 10.2. The van der Waals surface area contributed by atoms with Crippen molar-refractivity contribution >= 4 is 28.7 Å². The van der Waals surface area contributed by atoms with E-state index in [9.17, 15) is 0 Å². The lowest BCUT2D eigenvalue weighted by molar-refractivity contribution is 0.342. The van der Waals surface area contributed by atoms with E-state index in [0.717, 1.165) is 16.9 Å². The van der Waals surface area contributed by atoms with Gasteiger partial charge in [-0.25, -0.2) is 0 Å². The van der Waals surface area contributed by atoms with Gasteiger partial charge in [-0.1, -0.05) is 17.7 Å². The molecule has 0 unspecified atom stereocenters. The molecule has 0 amide bonds. The van der Waals surface area contributed by atoms with Crippen LogP contribution in [-0.2, 0) is 0 Å². The Balaban J connectivity index is 2.28. The molecule has 2 rings (SSSR count). The molecule has 0 saturated carbocycles. The molecule has 0 heterocycles. The predicted octanol–water partition coefficient (Wildman–Crippen LogP) is 4.37. The number of aryl methyl sites for hydroxylation is 1. The van der Waals surface area contributed by atoms with Crippen molar-refractivity contribution in [3.8, 4) is 5.75 Å². The molecule has 0 aliphatic rings. The second-order valence-electron chi connectivity index (χ2n) is 4.29. The highest BCUT2D eigenvalue weighted by Gasteiger charge is 2.05. The molecule has 0 atom stereocenters. The lowest BCUT2D eigenvalue weighted by Gasteiger charge is -2.12. The summed E-state index contributed by atoms with van der Waals surface area (Å²) >= 11 is 6.16. The Labute approximate surface area is 118 Å². The first-order valence-electron chi connectivity index (χ1n) is 6.15. The summed E-state index contributed by atoms with van der Waals surface area (Å²) in [5.41, 5.74) is 9.38. The van der Waals surface area contributed by atoms with E-state index >= 15 is 0 Å². The summed E-state index contributed by atoms with van der Waals surface area (Å²) in [5, 5.41) is 3.95. The van der Waals surface area contributed by atoms with Crippen molar-refractivity contribution in [1.82, 2.24) is 0 Å². The first-order valence-corrected chi connectivity index (χ1v) is 6.53. The Morgan fingerprint density at radius 1 is 1.21 bits per heavy atom. The summed E-state index contributed by atoms with van der Waals surface area (Å²) in [5.74, 6) is 0.677. The first-order chi connectivity index (χ1) is 9.10. The van der Waals surface area contributed by atoms with Gasteiger partial charge in [-0.15, -0.1) is 0 Å². The number of hydrogen-bond donors (Lipinski definition) is 2. The average Bonchev–Trinajstić information content (AvgIpc) is 2.38. The number of hydrogen-bond acceptors (Lipinski definition) is 3. The van der Waals surface area contributed by atoms with Gasteiger partial charge in [-0.05, 0) is 43.7 Å². The molecule has 19 heavy (non-hydrogen) atoms. The molecule has 0 aromatic heterocycles. The maximum absolute atomic E-state index is 6.16. The molecule has 0 radical (unpaired) electrons. The second kappa shape index (κ2) is 5.85. The van der Waals surface area contributed by atoms with Crippen LogP contribution in [0.25, 0.3) is 0 Å². The van der Waals surface area contributed by atoms with Crippen LogP contribution >= 0.6 is 11.6 Å². The van der Waals surface area contributed by atoms with Crippen molar-refractivity contribution in [3.63, 3.8) is 0 Å². The molecule has 2 aromatic rings. The maximum Gasteiger partial charge on any atom is 0.144 e. The van der Waals surface area contributed by atoms with Crippen LogP contribution in [-0.4, -0.2) is 6.61 Å². The first kappa shape index (κ1) is 13.6. The predicted molar refractivity (Wildman–Crippen MR) is 81.5 cm³/mol. The molecule has 0 aliphatic heterocycles. The molecule has 0 aliphatic carbocycles. The summed E-state index contributed by atoms with van der Waals surface area (Å²) in [6.07, 6.45) is 0. The minimum absolute atomic E-state index is 0.582. The zero-order chi connectivity index (χ0) is 13.8. The fourth-order valence-corrected chi connectivity index (χ4v) is 1.95. The number of halogens is 1. The highest BCUT2D eigenvalue weighted by Crippen LogP contribution is 2.30. The van der Waals surface area contributed by atoms with Crippen LogP contribution in [0.1, 0.15) is 12.5 Å². The van der Waals surface area contributed by atoms with Crippen LogP contribution in [0, 0.1) is 6.92 Å². The average molecular weight is 277 g/mol. The van der Waals surface area contributed by atoms with Gasteiger partial charge in [0.1, 0.15) is 5.75 Å². The van der Waals surface area contributed by atoms with Crippen molar-refractivity contribution < 1.29 is 4.74 Å². The van der Waals surface area contributed by atoms with Gasteiger partial charge in [0.05, 0.1) is 23.0 Å². The normalized spacial score (nSPS) is 10.3. The zero-order valence-electron chi connectivity index (χ0n) is 11.0. The molecule has 100 valence electrons. The van der Waals surface area contributed by atoms with Crippen molar-refractivity contribution in [1.29, 1.82) is 0 Å². The minimum Gasteiger partial charge on any atom is -0.492 e.